The fourth-order valence-corrected chi connectivity index (χ4v) is 3.83. The van der Waals surface area contributed by atoms with Crippen LogP contribution in [0.2, 0.25) is 0 Å². The monoisotopic (exact) mass is 366 g/mol. The molecule has 0 amide bonds. The summed E-state index contributed by atoms with van der Waals surface area (Å²) in [5.41, 5.74) is -3.39. The zero-order valence-corrected chi connectivity index (χ0v) is 14.4. The maximum absolute atomic E-state index is 12.8. The third kappa shape index (κ3) is 5.55. The Hall–Kier alpha value is -0.430. The van der Waals surface area contributed by atoms with Gasteiger partial charge in [0.05, 0.1) is 0 Å². The highest BCUT2D eigenvalue weighted by Gasteiger charge is 2.35. The van der Waals surface area contributed by atoms with Crippen LogP contribution in [0.5, 0.6) is 0 Å². The van der Waals surface area contributed by atoms with Gasteiger partial charge in [-0.15, -0.1) is 12.4 Å². The van der Waals surface area contributed by atoms with Crippen molar-refractivity contribution in [3.05, 3.63) is 29.8 Å². The van der Waals surface area contributed by atoms with Crippen LogP contribution in [-0.2, 0) is 0 Å². The largest absolute Gasteiger partial charge is 0.446 e. The molecule has 1 aromatic rings. The van der Waals surface area contributed by atoms with E-state index in [-0.39, 0.29) is 30.2 Å². The lowest BCUT2D eigenvalue weighted by Gasteiger charge is -2.36. The van der Waals surface area contributed by atoms with Crippen molar-refractivity contribution in [2.75, 3.05) is 26.2 Å². The molecule has 0 spiro atoms. The Kier molecular flexibility index (Phi) is 6.66. The number of halogens is 4. The van der Waals surface area contributed by atoms with Crippen LogP contribution < -0.4 is 5.32 Å². The van der Waals surface area contributed by atoms with Crippen molar-refractivity contribution < 1.29 is 13.2 Å². The van der Waals surface area contributed by atoms with Crippen LogP contribution in [0.25, 0.3) is 0 Å². The molecular weight excluding hydrogens is 345 g/mol. The number of hydrogen-bond acceptors (Lipinski definition) is 3. The number of benzene rings is 1. The molecule has 1 aliphatic carbocycles. The lowest BCUT2D eigenvalue weighted by molar-refractivity contribution is -0.0328. The molecule has 2 fully saturated rings. The summed E-state index contributed by atoms with van der Waals surface area (Å²) in [6.45, 7) is 3.64. The normalized spacial score (nSPS) is 20.8. The molecule has 3 rings (SSSR count). The molecule has 7 heteroatoms. The van der Waals surface area contributed by atoms with E-state index in [9.17, 15) is 13.2 Å². The average molecular weight is 367 g/mol. The van der Waals surface area contributed by atoms with Crippen molar-refractivity contribution in [3.8, 4) is 0 Å². The molecule has 1 atom stereocenters. The molecule has 0 aromatic heterocycles. The van der Waals surface area contributed by atoms with Gasteiger partial charge in [0.15, 0.2) is 0 Å². The van der Waals surface area contributed by atoms with Crippen LogP contribution in [0.3, 0.4) is 0 Å². The van der Waals surface area contributed by atoms with E-state index in [4.69, 9.17) is 0 Å². The summed E-state index contributed by atoms with van der Waals surface area (Å²) in [7, 11) is 0. The van der Waals surface area contributed by atoms with Gasteiger partial charge in [-0.05, 0) is 35.7 Å². The topological polar surface area (TPSA) is 15.3 Å². The molecule has 1 saturated heterocycles. The number of nitrogens with one attached hydrogen (secondary N) is 1. The number of rotatable bonds is 5. The van der Waals surface area contributed by atoms with Crippen LogP contribution in [0.15, 0.2) is 29.2 Å². The second-order valence-electron chi connectivity index (χ2n) is 6.07. The zero-order chi connectivity index (χ0) is 15.6. The minimum atomic E-state index is -4.23. The third-order valence-corrected chi connectivity index (χ3v) is 5.17. The molecule has 23 heavy (non-hydrogen) atoms. The molecule has 0 unspecified atom stereocenters. The first kappa shape index (κ1) is 18.9. The van der Waals surface area contributed by atoms with Gasteiger partial charge in [-0.3, -0.25) is 4.90 Å². The first-order valence-corrected chi connectivity index (χ1v) is 8.64. The molecule has 0 radical (unpaired) electrons. The zero-order valence-electron chi connectivity index (χ0n) is 12.8. The predicted molar refractivity (Wildman–Crippen MR) is 90.1 cm³/mol. The van der Waals surface area contributed by atoms with E-state index in [1.54, 1.807) is 12.1 Å². The summed E-state index contributed by atoms with van der Waals surface area (Å²) in [4.78, 5) is 2.71. The predicted octanol–water partition coefficient (Wildman–Crippen LogP) is 4.47. The Bertz CT molecular complexity index is 502. The Labute approximate surface area is 145 Å². The Morgan fingerprint density at radius 3 is 2.43 bits per heavy atom. The van der Waals surface area contributed by atoms with E-state index < -0.39 is 5.51 Å². The lowest BCUT2D eigenvalue weighted by atomic mass is 9.98. The third-order valence-electron chi connectivity index (χ3n) is 4.35. The van der Waals surface area contributed by atoms with E-state index in [1.807, 2.05) is 12.1 Å². The standard InChI is InChI=1S/C16H21F3N2S.ClH/c17-16(18,19)22-15-4-2-1-3-13(15)14(11-12-5-6-12)21-9-7-20-8-10-21;/h1-4,12,14,20H,5-11H2;1H/t14-;/m1./s1. The number of nitrogens with zero attached hydrogens (tertiary/aromatic N) is 1. The van der Waals surface area contributed by atoms with Crippen LogP contribution >= 0.6 is 24.2 Å². The Balaban J connectivity index is 0.00000192. The van der Waals surface area contributed by atoms with Crippen LogP contribution in [0, 0.1) is 5.92 Å². The van der Waals surface area contributed by atoms with Crippen molar-refractivity contribution in [1.29, 1.82) is 0 Å². The quantitative estimate of drug-likeness (QED) is 0.774. The summed E-state index contributed by atoms with van der Waals surface area (Å²) < 4.78 is 38.5. The van der Waals surface area contributed by atoms with Crippen LogP contribution in [-0.4, -0.2) is 36.6 Å². The molecule has 0 bridgehead atoms. The van der Waals surface area contributed by atoms with E-state index in [0.717, 1.165) is 38.2 Å². The van der Waals surface area contributed by atoms with Gasteiger partial charge < -0.3 is 5.32 Å². The fourth-order valence-electron chi connectivity index (χ4n) is 3.11. The smallest absolute Gasteiger partial charge is 0.314 e. The van der Waals surface area contributed by atoms with Gasteiger partial charge in [0, 0.05) is 37.1 Å². The number of piperazine rings is 1. The Morgan fingerprint density at radius 1 is 1.17 bits per heavy atom. The van der Waals surface area contributed by atoms with E-state index in [1.165, 1.54) is 12.8 Å². The highest BCUT2D eigenvalue weighted by Crippen LogP contribution is 2.45. The van der Waals surface area contributed by atoms with Crippen LogP contribution in [0.4, 0.5) is 13.2 Å². The minimum absolute atomic E-state index is 0. The molecule has 1 aliphatic heterocycles. The van der Waals surface area contributed by atoms with Crippen LogP contribution in [0.1, 0.15) is 30.9 Å². The fraction of sp³-hybridized carbons (Fsp3) is 0.625. The van der Waals surface area contributed by atoms with Gasteiger partial charge >= 0.3 is 5.51 Å². The molecule has 2 aliphatic rings. The number of hydrogen-bond donors (Lipinski definition) is 1. The molecule has 1 heterocycles. The lowest BCUT2D eigenvalue weighted by Crippen LogP contribution is -2.45. The second-order valence-corrected chi connectivity index (χ2v) is 7.17. The summed E-state index contributed by atoms with van der Waals surface area (Å²) in [6.07, 6.45) is 3.42. The van der Waals surface area contributed by atoms with Gasteiger partial charge in [-0.2, -0.15) is 13.2 Å². The summed E-state index contributed by atoms with van der Waals surface area (Å²) in [5.74, 6) is 0.684. The average Bonchev–Trinajstić information content (AvgIpc) is 3.29. The first-order chi connectivity index (χ1) is 10.5. The van der Waals surface area contributed by atoms with E-state index in [2.05, 4.69) is 10.2 Å². The molecule has 1 aromatic carbocycles. The van der Waals surface area contributed by atoms with Crippen molar-refractivity contribution in [3.63, 3.8) is 0 Å². The number of thioether (sulfide) groups is 1. The first-order valence-electron chi connectivity index (χ1n) is 7.82. The molecule has 130 valence electrons. The summed E-state index contributed by atoms with van der Waals surface area (Å²) in [5, 5.41) is 3.32. The molecule has 2 nitrogen and oxygen atoms in total. The van der Waals surface area contributed by atoms with Crippen molar-refractivity contribution in [2.24, 2.45) is 5.92 Å². The summed E-state index contributed by atoms with van der Waals surface area (Å²) >= 11 is 0.0249. The van der Waals surface area contributed by atoms with Gasteiger partial charge in [-0.25, -0.2) is 0 Å². The van der Waals surface area contributed by atoms with Crippen molar-refractivity contribution >= 4 is 24.2 Å². The minimum Gasteiger partial charge on any atom is -0.314 e. The van der Waals surface area contributed by atoms with E-state index >= 15 is 0 Å². The SMILES string of the molecule is Cl.FC(F)(F)Sc1ccccc1[C@@H](CC1CC1)N1CCNCC1. The second kappa shape index (κ2) is 8.10. The van der Waals surface area contributed by atoms with E-state index in [0.29, 0.717) is 10.8 Å². The number of alkyl halides is 3. The maximum Gasteiger partial charge on any atom is 0.446 e. The molecular formula is C16H22ClF3N2S. The Morgan fingerprint density at radius 2 is 1.83 bits per heavy atom. The summed E-state index contributed by atoms with van der Waals surface area (Å²) in [6, 6.07) is 7.15. The molecule has 1 N–H and O–H groups in total. The van der Waals surface area contributed by atoms with Gasteiger partial charge in [0.25, 0.3) is 0 Å². The maximum atomic E-state index is 12.8. The van der Waals surface area contributed by atoms with Gasteiger partial charge in [-0.1, -0.05) is 31.0 Å². The van der Waals surface area contributed by atoms with Crippen molar-refractivity contribution in [2.45, 2.75) is 35.7 Å². The highest BCUT2D eigenvalue weighted by atomic mass is 35.5. The van der Waals surface area contributed by atoms with Crippen molar-refractivity contribution in [1.82, 2.24) is 10.2 Å². The molecule has 1 saturated carbocycles. The highest BCUT2D eigenvalue weighted by molar-refractivity contribution is 8.00. The van der Waals surface area contributed by atoms with Gasteiger partial charge in [0.2, 0.25) is 0 Å². The van der Waals surface area contributed by atoms with Gasteiger partial charge in [0.1, 0.15) is 0 Å².